The van der Waals surface area contributed by atoms with Gasteiger partial charge in [0.25, 0.3) is 5.91 Å². The molecule has 134 valence electrons. The van der Waals surface area contributed by atoms with E-state index in [1.165, 1.54) is 6.07 Å². The molecule has 1 N–H and O–H groups in total. The molecular formula is C20H14ClFN4O. The van der Waals surface area contributed by atoms with Crippen molar-refractivity contribution in [2.24, 2.45) is 0 Å². The van der Waals surface area contributed by atoms with Crippen LogP contribution in [0.25, 0.3) is 16.8 Å². The lowest BCUT2D eigenvalue weighted by molar-refractivity contribution is 0.0946. The summed E-state index contributed by atoms with van der Waals surface area (Å²) in [5, 5.41) is 2.89. The van der Waals surface area contributed by atoms with Gasteiger partial charge in [-0.1, -0.05) is 23.7 Å². The number of halogens is 2. The Hall–Kier alpha value is -3.25. The fourth-order valence-corrected chi connectivity index (χ4v) is 2.90. The summed E-state index contributed by atoms with van der Waals surface area (Å²) in [6, 6.07) is 11.9. The molecular weight excluding hydrogens is 367 g/mol. The summed E-state index contributed by atoms with van der Waals surface area (Å²) in [4.78, 5) is 20.7. The summed E-state index contributed by atoms with van der Waals surface area (Å²) >= 11 is 5.86. The van der Waals surface area contributed by atoms with Crippen LogP contribution >= 0.6 is 11.6 Å². The normalized spacial score (nSPS) is 10.9. The van der Waals surface area contributed by atoms with Gasteiger partial charge in [0.1, 0.15) is 17.2 Å². The van der Waals surface area contributed by atoms with Gasteiger partial charge >= 0.3 is 0 Å². The van der Waals surface area contributed by atoms with Gasteiger partial charge in [0.2, 0.25) is 0 Å². The molecule has 5 nitrogen and oxygen atoms in total. The molecule has 1 aromatic carbocycles. The number of rotatable bonds is 4. The molecule has 0 fully saturated rings. The Morgan fingerprint density at radius 3 is 2.78 bits per heavy atom. The van der Waals surface area contributed by atoms with E-state index in [9.17, 15) is 9.18 Å². The minimum absolute atomic E-state index is 0.0636. The summed E-state index contributed by atoms with van der Waals surface area (Å²) in [5.74, 6) is -0.731. The summed E-state index contributed by atoms with van der Waals surface area (Å²) in [7, 11) is 0. The molecule has 0 spiro atoms. The van der Waals surface area contributed by atoms with E-state index >= 15 is 0 Å². The Balaban J connectivity index is 1.57. The molecule has 7 heteroatoms. The third-order valence-corrected chi connectivity index (χ3v) is 4.40. The minimum Gasteiger partial charge on any atom is -0.347 e. The van der Waals surface area contributed by atoms with Crippen LogP contribution in [-0.2, 0) is 6.54 Å². The number of fused-ring (bicyclic) bond motifs is 1. The number of nitrogens with zero attached hydrogens (tertiary/aromatic N) is 3. The van der Waals surface area contributed by atoms with Crippen molar-refractivity contribution < 1.29 is 9.18 Å². The maximum absolute atomic E-state index is 13.4. The van der Waals surface area contributed by atoms with Crippen LogP contribution in [0.1, 0.15) is 16.1 Å². The smallest absolute Gasteiger partial charge is 0.271 e. The van der Waals surface area contributed by atoms with Gasteiger partial charge in [-0.25, -0.2) is 9.37 Å². The maximum atomic E-state index is 13.4. The van der Waals surface area contributed by atoms with Gasteiger partial charge in [0.15, 0.2) is 0 Å². The van der Waals surface area contributed by atoms with Crippen molar-refractivity contribution in [2.75, 3.05) is 0 Å². The molecule has 27 heavy (non-hydrogen) atoms. The van der Waals surface area contributed by atoms with Crippen LogP contribution in [-0.4, -0.2) is 20.3 Å². The van der Waals surface area contributed by atoms with Crippen LogP contribution in [0.3, 0.4) is 0 Å². The molecule has 4 aromatic rings. The molecule has 4 rings (SSSR count). The highest BCUT2D eigenvalue weighted by Gasteiger charge is 2.11. The van der Waals surface area contributed by atoms with Gasteiger partial charge in [-0.3, -0.25) is 9.78 Å². The minimum atomic E-state index is -0.461. The second-order valence-electron chi connectivity index (χ2n) is 5.98. The van der Waals surface area contributed by atoms with Gasteiger partial charge in [0, 0.05) is 31.3 Å². The molecule has 0 aliphatic heterocycles. The van der Waals surface area contributed by atoms with Crippen LogP contribution in [0.4, 0.5) is 4.39 Å². The Labute approximate surface area is 159 Å². The first kappa shape index (κ1) is 17.2. The summed E-state index contributed by atoms with van der Waals surface area (Å²) in [6.45, 7) is 0.375. The van der Waals surface area contributed by atoms with Crippen molar-refractivity contribution in [3.63, 3.8) is 0 Å². The number of amides is 1. The average molecular weight is 381 g/mol. The van der Waals surface area contributed by atoms with Crippen LogP contribution in [0, 0.1) is 5.82 Å². The van der Waals surface area contributed by atoms with E-state index < -0.39 is 5.82 Å². The number of benzene rings is 1. The average Bonchev–Trinajstić information content (AvgIpc) is 3.12. The highest BCUT2D eigenvalue weighted by Crippen LogP contribution is 2.25. The number of imidazole rings is 1. The molecule has 0 radical (unpaired) electrons. The first-order valence-corrected chi connectivity index (χ1v) is 8.59. The van der Waals surface area contributed by atoms with E-state index in [1.807, 2.05) is 24.4 Å². The van der Waals surface area contributed by atoms with E-state index in [-0.39, 0.29) is 10.9 Å². The number of pyridine rings is 2. The Morgan fingerprint density at radius 2 is 2.00 bits per heavy atom. The zero-order valence-corrected chi connectivity index (χ0v) is 14.8. The quantitative estimate of drug-likeness (QED) is 0.579. The molecule has 0 bridgehead atoms. The Morgan fingerprint density at radius 1 is 1.15 bits per heavy atom. The Bertz CT molecular complexity index is 1130. The number of carbonyl (C=O) groups is 1. The predicted molar refractivity (Wildman–Crippen MR) is 101 cm³/mol. The van der Waals surface area contributed by atoms with Gasteiger partial charge in [-0.05, 0) is 47.0 Å². The van der Waals surface area contributed by atoms with E-state index in [2.05, 4.69) is 15.3 Å². The first-order valence-electron chi connectivity index (χ1n) is 8.21. The van der Waals surface area contributed by atoms with Crippen LogP contribution in [0.15, 0.2) is 67.3 Å². The number of nitrogens with one attached hydrogen (secondary N) is 1. The lowest BCUT2D eigenvalue weighted by Crippen LogP contribution is -2.23. The van der Waals surface area contributed by atoms with Crippen LogP contribution in [0.5, 0.6) is 0 Å². The maximum Gasteiger partial charge on any atom is 0.271 e. The van der Waals surface area contributed by atoms with E-state index in [0.29, 0.717) is 17.9 Å². The standard InChI is InChI=1S/C20H14ClFN4O/c21-16-8-14(3-5-17(16)22)15-4-6-19-25-18(12-26(19)11-15)20(27)24-10-13-2-1-7-23-9-13/h1-9,11-12H,10H2,(H,24,27). The van der Waals surface area contributed by atoms with Crippen molar-refractivity contribution in [3.05, 3.63) is 89.3 Å². The van der Waals surface area contributed by atoms with Crippen molar-refractivity contribution >= 4 is 23.2 Å². The second-order valence-corrected chi connectivity index (χ2v) is 6.39. The van der Waals surface area contributed by atoms with Gasteiger partial charge in [-0.2, -0.15) is 0 Å². The SMILES string of the molecule is O=C(NCc1cccnc1)c1cn2cc(-c3ccc(F)c(Cl)c3)ccc2n1. The highest BCUT2D eigenvalue weighted by atomic mass is 35.5. The molecule has 0 aliphatic rings. The number of hydrogen-bond donors (Lipinski definition) is 1. The van der Waals surface area contributed by atoms with Gasteiger partial charge in [0.05, 0.1) is 5.02 Å². The van der Waals surface area contributed by atoms with E-state index in [1.54, 1.807) is 41.2 Å². The number of aromatic nitrogens is 3. The third-order valence-electron chi connectivity index (χ3n) is 4.11. The highest BCUT2D eigenvalue weighted by molar-refractivity contribution is 6.31. The summed E-state index contributed by atoms with van der Waals surface area (Å²) in [5.41, 5.74) is 3.47. The molecule has 3 heterocycles. The van der Waals surface area contributed by atoms with Crippen LogP contribution < -0.4 is 5.32 Å². The fraction of sp³-hybridized carbons (Fsp3) is 0.0500. The van der Waals surface area contributed by atoms with Crippen molar-refractivity contribution in [1.82, 2.24) is 19.7 Å². The zero-order valence-electron chi connectivity index (χ0n) is 14.1. The predicted octanol–water partition coefficient (Wildman–Crippen LogP) is 4.12. The molecule has 0 atom stereocenters. The fourth-order valence-electron chi connectivity index (χ4n) is 2.72. The topological polar surface area (TPSA) is 59.3 Å². The molecule has 0 saturated carbocycles. The van der Waals surface area contributed by atoms with Gasteiger partial charge < -0.3 is 9.72 Å². The summed E-state index contributed by atoms with van der Waals surface area (Å²) < 4.78 is 15.1. The zero-order chi connectivity index (χ0) is 18.8. The van der Waals surface area contributed by atoms with Crippen LogP contribution in [0.2, 0.25) is 5.02 Å². The largest absolute Gasteiger partial charge is 0.347 e. The van der Waals surface area contributed by atoms with E-state index in [0.717, 1.165) is 16.7 Å². The van der Waals surface area contributed by atoms with Gasteiger partial charge in [-0.15, -0.1) is 0 Å². The molecule has 0 unspecified atom stereocenters. The van der Waals surface area contributed by atoms with Crippen molar-refractivity contribution in [1.29, 1.82) is 0 Å². The third kappa shape index (κ3) is 3.66. The number of carbonyl (C=O) groups excluding carboxylic acids is 1. The molecule has 1 amide bonds. The first-order chi connectivity index (χ1) is 13.1. The number of hydrogen-bond acceptors (Lipinski definition) is 3. The monoisotopic (exact) mass is 380 g/mol. The molecule has 3 aromatic heterocycles. The molecule has 0 saturated heterocycles. The summed E-state index contributed by atoms with van der Waals surface area (Å²) in [6.07, 6.45) is 6.86. The van der Waals surface area contributed by atoms with Crippen molar-refractivity contribution in [2.45, 2.75) is 6.54 Å². The second kappa shape index (κ2) is 7.17. The van der Waals surface area contributed by atoms with E-state index in [4.69, 9.17) is 11.6 Å². The Kier molecular flexibility index (Phi) is 4.56. The lowest BCUT2D eigenvalue weighted by Gasteiger charge is -2.04. The lowest BCUT2D eigenvalue weighted by atomic mass is 10.1. The van der Waals surface area contributed by atoms with Crippen molar-refractivity contribution in [3.8, 4) is 11.1 Å². The molecule has 0 aliphatic carbocycles.